The highest BCUT2D eigenvalue weighted by Crippen LogP contribution is 2.11. The normalized spacial score (nSPS) is 11.9. The van der Waals surface area contributed by atoms with Gasteiger partial charge in [0.2, 0.25) is 0 Å². The topological polar surface area (TPSA) is 98.3 Å². The number of nitrogens with one attached hydrogen (secondary N) is 1. The lowest BCUT2D eigenvalue weighted by Crippen LogP contribution is -2.39. The quantitative estimate of drug-likeness (QED) is 0.591. The average Bonchev–Trinajstić information content (AvgIpc) is 2.35. The lowest BCUT2D eigenvalue weighted by Gasteiger charge is -2.14. The molecular weight excluding hydrogens is 222 g/mol. The highest BCUT2D eigenvalue weighted by atomic mass is 16.6. The number of amides is 1. The van der Waals surface area contributed by atoms with E-state index < -0.39 is 4.92 Å². The molecule has 17 heavy (non-hydrogen) atoms. The van der Waals surface area contributed by atoms with E-state index in [1.54, 1.807) is 0 Å². The molecule has 0 aliphatic heterocycles. The SMILES string of the molecule is CCC(CN)NC(=O)c1ccc([N+](=O)[O-])cc1. The van der Waals surface area contributed by atoms with Gasteiger partial charge in [0.05, 0.1) is 4.92 Å². The van der Waals surface area contributed by atoms with Crippen molar-refractivity contribution in [3.05, 3.63) is 39.9 Å². The third-order valence-electron chi connectivity index (χ3n) is 2.45. The number of nitro groups is 1. The number of carbonyl (C=O) groups excluding carboxylic acids is 1. The molecule has 1 rings (SSSR count). The lowest BCUT2D eigenvalue weighted by molar-refractivity contribution is -0.384. The van der Waals surface area contributed by atoms with Crippen molar-refractivity contribution in [2.24, 2.45) is 5.73 Å². The predicted octanol–water partition coefficient (Wildman–Crippen LogP) is 1.06. The van der Waals surface area contributed by atoms with Crippen LogP contribution in [0.25, 0.3) is 0 Å². The molecule has 0 heterocycles. The van der Waals surface area contributed by atoms with Crippen LogP contribution in [-0.4, -0.2) is 23.4 Å². The van der Waals surface area contributed by atoms with Crippen LogP contribution in [0, 0.1) is 10.1 Å². The van der Waals surface area contributed by atoms with Crippen LogP contribution in [0.5, 0.6) is 0 Å². The van der Waals surface area contributed by atoms with Gasteiger partial charge in [0.25, 0.3) is 11.6 Å². The van der Waals surface area contributed by atoms with Gasteiger partial charge in [-0.25, -0.2) is 0 Å². The van der Waals surface area contributed by atoms with E-state index in [4.69, 9.17) is 5.73 Å². The maximum absolute atomic E-state index is 11.7. The summed E-state index contributed by atoms with van der Waals surface area (Å²) in [5.41, 5.74) is 5.83. The molecule has 1 atom stereocenters. The molecule has 1 unspecified atom stereocenters. The molecule has 0 saturated carbocycles. The Hall–Kier alpha value is -1.95. The van der Waals surface area contributed by atoms with Crippen molar-refractivity contribution in [2.75, 3.05) is 6.54 Å². The first-order chi connectivity index (χ1) is 8.08. The second-order valence-electron chi connectivity index (χ2n) is 3.62. The van der Waals surface area contributed by atoms with Crippen LogP contribution in [0.4, 0.5) is 5.69 Å². The molecule has 1 aromatic rings. The molecule has 0 spiro atoms. The van der Waals surface area contributed by atoms with Crippen LogP contribution >= 0.6 is 0 Å². The number of nitrogens with zero attached hydrogens (tertiary/aromatic N) is 1. The van der Waals surface area contributed by atoms with Crippen molar-refractivity contribution >= 4 is 11.6 Å². The van der Waals surface area contributed by atoms with Gasteiger partial charge in [-0.1, -0.05) is 6.92 Å². The minimum Gasteiger partial charge on any atom is -0.348 e. The fourth-order valence-electron chi connectivity index (χ4n) is 1.33. The number of non-ortho nitro benzene ring substituents is 1. The first-order valence-corrected chi connectivity index (χ1v) is 5.33. The predicted molar refractivity (Wildman–Crippen MR) is 63.7 cm³/mol. The zero-order chi connectivity index (χ0) is 12.8. The minimum atomic E-state index is -0.504. The second kappa shape index (κ2) is 5.95. The van der Waals surface area contributed by atoms with Crippen molar-refractivity contribution in [2.45, 2.75) is 19.4 Å². The Morgan fingerprint density at radius 1 is 1.47 bits per heavy atom. The fraction of sp³-hybridized carbons (Fsp3) is 0.364. The first-order valence-electron chi connectivity index (χ1n) is 5.33. The maximum Gasteiger partial charge on any atom is 0.269 e. The molecule has 0 fully saturated rings. The summed E-state index contributed by atoms with van der Waals surface area (Å²) in [4.78, 5) is 21.7. The average molecular weight is 237 g/mol. The van der Waals surface area contributed by atoms with E-state index in [1.807, 2.05) is 6.92 Å². The Balaban J connectivity index is 2.73. The Labute approximate surface area is 99.0 Å². The van der Waals surface area contributed by atoms with E-state index in [0.29, 0.717) is 12.1 Å². The Morgan fingerprint density at radius 3 is 2.47 bits per heavy atom. The molecule has 6 nitrogen and oxygen atoms in total. The van der Waals surface area contributed by atoms with E-state index in [1.165, 1.54) is 24.3 Å². The van der Waals surface area contributed by atoms with Crippen LogP contribution < -0.4 is 11.1 Å². The van der Waals surface area contributed by atoms with E-state index in [2.05, 4.69) is 5.32 Å². The fourth-order valence-corrected chi connectivity index (χ4v) is 1.33. The van der Waals surface area contributed by atoms with Crippen LogP contribution in [0.1, 0.15) is 23.7 Å². The Kier molecular flexibility index (Phi) is 4.59. The number of rotatable bonds is 5. The van der Waals surface area contributed by atoms with E-state index >= 15 is 0 Å². The number of nitro benzene ring substituents is 1. The maximum atomic E-state index is 11.7. The molecule has 0 radical (unpaired) electrons. The first kappa shape index (κ1) is 13.1. The molecule has 6 heteroatoms. The molecule has 1 amide bonds. The third-order valence-corrected chi connectivity index (χ3v) is 2.45. The van der Waals surface area contributed by atoms with Gasteiger partial charge in [-0.3, -0.25) is 14.9 Å². The monoisotopic (exact) mass is 237 g/mol. The van der Waals surface area contributed by atoms with Crippen molar-refractivity contribution < 1.29 is 9.72 Å². The molecule has 0 bridgehead atoms. The molecular formula is C11H15N3O3. The number of hydrogen-bond acceptors (Lipinski definition) is 4. The largest absolute Gasteiger partial charge is 0.348 e. The number of benzene rings is 1. The van der Waals surface area contributed by atoms with Crippen LogP contribution in [-0.2, 0) is 0 Å². The Morgan fingerprint density at radius 2 is 2.06 bits per heavy atom. The van der Waals surface area contributed by atoms with E-state index in [-0.39, 0.29) is 17.6 Å². The zero-order valence-corrected chi connectivity index (χ0v) is 9.55. The molecule has 3 N–H and O–H groups in total. The number of nitrogens with two attached hydrogens (primary N) is 1. The van der Waals surface area contributed by atoms with Crippen molar-refractivity contribution in [3.8, 4) is 0 Å². The highest BCUT2D eigenvalue weighted by Gasteiger charge is 2.12. The van der Waals surface area contributed by atoms with Crippen molar-refractivity contribution in [1.82, 2.24) is 5.32 Å². The number of hydrogen-bond donors (Lipinski definition) is 2. The summed E-state index contributed by atoms with van der Waals surface area (Å²) < 4.78 is 0. The van der Waals surface area contributed by atoms with Gasteiger partial charge >= 0.3 is 0 Å². The minimum absolute atomic E-state index is 0.0348. The van der Waals surface area contributed by atoms with Gasteiger partial charge in [0, 0.05) is 30.3 Å². The van der Waals surface area contributed by atoms with Gasteiger partial charge in [0.15, 0.2) is 0 Å². The standard InChI is InChI=1S/C11H15N3O3/c1-2-9(7-12)13-11(15)8-3-5-10(6-4-8)14(16)17/h3-6,9H,2,7,12H2,1H3,(H,13,15). The summed E-state index contributed by atoms with van der Waals surface area (Å²) in [7, 11) is 0. The van der Waals surface area contributed by atoms with Gasteiger partial charge in [0.1, 0.15) is 0 Å². The molecule has 0 aliphatic carbocycles. The molecule has 92 valence electrons. The van der Waals surface area contributed by atoms with Gasteiger partial charge < -0.3 is 11.1 Å². The van der Waals surface area contributed by atoms with Gasteiger partial charge in [-0.15, -0.1) is 0 Å². The molecule has 0 aromatic heterocycles. The van der Waals surface area contributed by atoms with Crippen LogP contribution in [0.2, 0.25) is 0 Å². The summed E-state index contributed by atoms with van der Waals surface area (Å²) >= 11 is 0. The van der Waals surface area contributed by atoms with Crippen LogP contribution in [0.15, 0.2) is 24.3 Å². The highest BCUT2D eigenvalue weighted by molar-refractivity contribution is 5.94. The third kappa shape index (κ3) is 3.53. The smallest absolute Gasteiger partial charge is 0.269 e. The summed E-state index contributed by atoms with van der Waals surface area (Å²) in [5, 5.41) is 13.2. The summed E-state index contributed by atoms with van der Waals surface area (Å²) in [6, 6.07) is 5.39. The molecule has 0 aliphatic rings. The number of carbonyl (C=O) groups is 1. The Bertz CT molecular complexity index is 399. The summed E-state index contributed by atoms with van der Waals surface area (Å²) in [6.45, 7) is 2.29. The summed E-state index contributed by atoms with van der Waals surface area (Å²) in [5.74, 6) is -0.266. The molecule has 0 saturated heterocycles. The van der Waals surface area contributed by atoms with Gasteiger partial charge in [-0.05, 0) is 18.6 Å². The van der Waals surface area contributed by atoms with E-state index in [9.17, 15) is 14.9 Å². The molecule has 1 aromatic carbocycles. The van der Waals surface area contributed by atoms with Crippen molar-refractivity contribution in [1.29, 1.82) is 0 Å². The van der Waals surface area contributed by atoms with E-state index in [0.717, 1.165) is 6.42 Å². The lowest BCUT2D eigenvalue weighted by atomic mass is 10.1. The zero-order valence-electron chi connectivity index (χ0n) is 9.55. The van der Waals surface area contributed by atoms with Gasteiger partial charge in [-0.2, -0.15) is 0 Å². The van der Waals surface area contributed by atoms with Crippen molar-refractivity contribution in [3.63, 3.8) is 0 Å². The second-order valence-corrected chi connectivity index (χ2v) is 3.62. The van der Waals surface area contributed by atoms with Crippen LogP contribution in [0.3, 0.4) is 0 Å². The summed E-state index contributed by atoms with van der Waals surface area (Å²) in [6.07, 6.45) is 0.745.